The van der Waals surface area contributed by atoms with E-state index >= 15 is 0 Å². The molecule has 0 bridgehead atoms. The molecule has 1 aromatic carbocycles. The Balaban J connectivity index is 2.28. The van der Waals surface area contributed by atoms with Crippen molar-refractivity contribution in [3.63, 3.8) is 0 Å². The van der Waals surface area contributed by atoms with Crippen LogP contribution in [-0.4, -0.2) is 10.8 Å². The molecule has 0 aliphatic heterocycles. The number of benzene rings is 1. The molecule has 2 rings (SSSR count). The van der Waals surface area contributed by atoms with Gasteiger partial charge in [0.2, 0.25) is 5.88 Å². The van der Waals surface area contributed by atoms with Crippen LogP contribution in [0.25, 0.3) is 0 Å². The number of hydrogen-bond acceptors (Lipinski definition) is 3. The maximum atomic E-state index is 7.34. The van der Waals surface area contributed by atoms with E-state index in [2.05, 4.69) is 11.1 Å². The first-order valence-electron chi connectivity index (χ1n) is 5.62. The van der Waals surface area contributed by atoms with Crippen LogP contribution in [0.15, 0.2) is 36.4 Å². The molecule has 1 heterocycles. The number of nitrogens with zero attached hydrogens (tertiary/aromatic N) is 1. The molecule has 92 valence electrons. The average Bonchev–Trinajstić information content (AvgIpc) is 2.27. The molecule has 0 fully saturated rings. The van der Waals surface area contributed by atoms with Gasteiger partial charge in [0.15, 0.2) is 0 Å². The quantitative estimate of drug-likeness (QED) is 0.641. The van der Waals surface area contributed by atoms with E-state index in [-0.39, 0.29) is 5.84 Å². The first-order chi connectivity index (χ1) is 8.54. The fourth-order valence-electron chi connectivity index (χ4n) is 1.73. The van der Waals surface area contributed by atoms with Crippen molar-refractivity contribution >= 4 is 5.84 Å². The largest absolute Gasteiger partial charge is 0.439 e. The highest BCUT2D eigenvalue weighted by Crippen LogP contribution is 2.22. The number of aryl methyl sites for hydroxylation is 2. The summed E-state index contributed by atoms with van der Waals surface area (Å²) in [7, 11) is 0. The van der Waals surface area contributed by atoms with Crippen LogP contribution in [-0.2, 0) is 0 Å². The van der Waals surface area contributed by atoms with Gasteiger partial charge in [-0.15, -0.1) is 0 Å². The van der Waals surface area contributed by atoms with Crippen molar-refractivity contribution in [2.45, 2.75) is 13.8 Å². The molecule has 0 aliphatic rings. The number of rotatable bonds is 3. The van der Waals surface area contributed by atoms with Crippen molar-refractivity contribution in [2.24, 2.45) is 5.73 Å². The standard InChI is InChI=1S/C14H15N3O/c1-9-6-10(2)8-11(7-9)18-13-5-3-4-12(17-13)14(15)16/h3-8H,1-2H3,(H3,15,16). The lowest BCUT2D eigenvalue weighted by Gasteiger charge is -2.07. The number of nitrogens with one attached hydrogen (secondary N) is 1. The Bertz CT molecular complexity index is 573. The summed E-state index contributed by atoms with van der Waals surface area (Å²) < 4.78 is 5.67. The Morgan fingerprint density at radius 3 is 2.44 bits per heavy atom. The molecule has 0 aliphatic carbocycles. The van der Waals surface area contributed by atoms with Crippen molar-refractivity contribution in [3.05, 3.63) is 53.2 Å². The van der Waals surface area contributed by atoms with Crippen molar-refractivity contribution in [1.82, 2.24) is 4.98 Å². The first kappa shape index (κ1) is 12.1. The van der Waals surface area contributed by atoms with Gasteiger partial charge in [0.25, 0.3) is 0 Å². The van der Waals surface area contributed by atoms with Gasteiger partial charge in [-0.25, -0.2) is 4.98 Å². The molecule has 18 heavy (non-hydrogen) atoms. The molecule has 3 N–H and O–H groups in total. The fraction of sp³-hybridized carbons (Fsp3) is 0.143. The van der Waals surface area contributed by atoms with Crippen LogP contribution in [0, 0.1) is 19.3 Å². The van der Waals surface area contributed by atoms with Gasteiger partial charge in [0.1, 0.15) is 17.3 Å². The Hall–Kier alpha value is -2.36. The van der Waals surface area contributed by atoms with Crippen molar-refractivity contribution in [3.8, 4) is 11.6 Å². The number of ether oxygens (including phenoxy) is 1. The number of nitrogens with two attached hydrogens (primary N) is 1. The second-order valence-corrected chi connectivity index (χ2v) is 4.20. The van der Waals surface area contributed by atoms with Gasteiger partial charge in [-0.1, -0.05) is 12.1 Å². The van der Waals surface area contributed by atoms with Crippen LogP contribution < -0.4 is 10.5 Å². The van der Waals surface area contributed by atoms with Crippen molar-refractivity contribution < 1.29 is 4.74 Å². The van der Waals surface area contributed by atoms with E-state index in [9.17, 15) is 0 Å². The van der Waals surface area contributed by atoms with Crippen LogP contribution in [0.4, 0.5) is 0 Å². The molecule has 0 spiro atoms. The number of pyridine rings is 1. The number of nitrogen functional groups attached to an aromatic ring is 1. The summed E-state index contributed by atoms with van der Waals surface area (Å²) >= 11 is 0. The van der Waals surface area contributed by atoms with Gasteiger partial charge in [0.05, 0.1) is 0 Å². The number of hydrogen-bond donors (Lipinski definition) is 2. The molecular formula is C14H15N3O. The molecule has 4 heteroatoms. The van der Waals surface area contributed by atoms with Crippen molar-refractivity contribution in [2.75, 3.05) is 0 Å². The molecule has 0 saturated carbocycles. The Kier molecular flexibility index (Phi) is 3.28. The second-order valence-electron chi connectivity index (χ2n) is 4.20. The summed E-state index contributed by atoms with van der Waals surface area (Å²) in [5.41, 5.74) is 8.07. The highest BCUT2D eigenvalue weighted by atomic mass is 16.5. The summed E-state index contributed by atoms with van der Waals surface area (Å²) in [6.45, 7) is 4.03. The minimum Gasteiger partial charge on any atom is -0.439 e. The first-order valence-corrected chi connectivity index (χ1v) is 5.62. The van der Waals surface area contributed by atoms with E-state index in [1.54, 1.807) is 18.2 Å². The highest BCUT2D eigenvalue weighted by molar-refractivity contribution is 5.93. The van der Waals surface area contributed by atoms with E-state index in [4.69, 9.17) is 15.9 Å². The SMILES string of the molecule is Cc1cc(C)cc(Oc2cccc(C(=N)N)n2)c1. The molecule has 4 nitrogen and oxygen atoms in total. The molecule has 1 aromatic heterocycles. The van der Waals surface area contributed by atoms with Crippen LogP contribution in [0.2, 0.25) is 0 Å². The molecule has 0 saturated heterocycles. The van der Waals surface area contributed by atoms with Gasteiger partial charge in [-0.2, -0.15) is 0 Å². The number of aromatic nitrogens is 1. The summed E-state index contributed by atoms with van der Waals surface area (Å²) in [5.74, 6) is 1.11. The summed E-state index contributed by atoms with van der Waals surface area (Å²) in [6.07, 6.45) is 0. The topological polar surface area (TPSA) is 72.0 Å². The smallest absolute Gasteiger partial charge is 0.219 e. The van der Waals surface area contributed by atoms with Gasteiger partial charge < -0.3 is 10.5 Å². The maximum absolute atomic E-state index is 7.34. The molecule has 0 unspecified atom stereocenters. The Labute approximate surface area is 106 Å². The van der Waals surface area contributed by atoms with Gasteiger partial charge >= 0.3 is 0 Å². The monoisotopic (exact) mass is 241 g/mol. The van der Waals surface area contributed by atoms with E-state index in [1.807, 2.05) is 26.0 Å². The fourth-order valence-corrected chi connectivity index (χ4v) is 1.73. The van der Waals surface area contributed by atoms with Crippen LogP contribution in [0.5, 0.6) is 11.6 Å². The predicted octanol–water partition coefficient (Wildman–Crippen LogP) is 2.77. The predicted molar refractivity (Wildman–Crippen MR) is 71.2 cm³/mol. The van der Waals surface area contributed by atoms with Crippen molar-refractivity contribution in [1.29, 1.82) is 5.41 Å². The van der Waals surface area contributed by atoms with Gasteiger partial charge in [0, 0.05) is 6.07 Å². The lowest BCUT2D eigenvalue weighted by atomic mass is 10.1. The maximum Gasteiger partial charge on any atom is 0.219 e. The summed E-state index contributed by atoms with van der Waals surface area (Å²) in [5, 5.41) is 7.34. The third-order valence-electron chi connectivity index (χ3n) is 2.42. The molecule has 0 atom stereocenters. The molecule has 2 aromatic rings. The summed E-state index contributed by atoms with van der Waals surface area (Å²) in [4.78, 5) is 4.16. The van der Waals surface area contributed by atoms with E-state index < -0.39 is 0 Å². The Morgan fingerprint density at radius 1 is 1.17 bits per heavy atom. The lowest BCUT2D eigenvalue weighted by molar-refractivity contribution is 0.462. The zero-order chi connectivity index (χ0) is 13.1. The zero-order valence-electron chi connectivity index (χ0n) is 10.4. The normalized spacial score (nSPS) is 10.1. The van der Waals surface area contributed by atoms with Gasteiger partial charge in [-0.05, 0) is 43.2 Å². The zero-order valence-corrected chi connectivity index (χ0v) is 10.4. The summed E-state index contributed by atoms with van der Waals surface area (Å²) in [6, 6.07) is 11.1. The van der Waals surface area contributed by atoms with E-state index in [1.165, 1.54) is 0 Å². The average molecular weight is 241 g/mol. The van der Waals surface area contributed by atoms with Crippen LogP contribution in [0.3, 0.4) is 0 Å². The van der Waals surface area contributed by atoms with Crippen LogP contribution in [0.1, 0.15) is 16.8 Å². The third kappa shape index (κ3) is 2.85. The van der Waals surface area contributed by atoms with E-state index in [0.717, 1.165) is 16.9 Å². The highest BCUT2D eigenvalue weighted by Gasteiger charge is 2.03. The Morgan fingerprint density at radius 2 is 1.83 bits per heavy atom. The minimum absolute atomic E-state index is 0.0686. The second kappa shape index (κ2) is 4.87. The minimum atomic E-state index is -0.0686. The number of amidine groups is 1. The lowest BCUT2D eigenvalue weighted by Crippen LogP contribution is -2.13. The molecule has 0 radical (unpaired) electrons. The van der Waals surface area contributed by atoms with Gasteiger partial charge in [-0.3, -0.25) is 5.41 Å². The van der Waals surface area contributed by atoms with Crippen LogP contribution >= 0.6 is 0 Å². The van der Waals surface area contributed by atoms with E-state index in [0.29, 0.717) is 11.6 Å². The third-order valence-corrected chi connectivity index (χ3v) is 2.42. The molecular weight excluding hydrogens is 226 g/mol. The molecule has 0 amide bonds.